The fourth-order valence-electron chi connectivity index (χ4n) is 3.24. The summed E-state index contributed by atoms with van der Waals surface area (Å²) in [7, 11) is 1.83. The van der Waals surface area contributed by atoms with E-state index in [2.05, 4.69) is 5.32 Å². The maximum atomic E-state index is 9.08. The lowest BCUT2D eigenvalue weighted by molar-refractivity contribution is 0.0540. The number of aliphatic hydroxyl groups excluding tert-OH is 1. The van der Waals surface area contributed by atoms with Crippen molar-refractivity contribution in [1.82, 2.24) is 5.32 Å². The zero-order chi connectivity index (χ0) is 11.4. The molecule has 2 fully saturated rings. The Labute approximate surface area is 111 Å². The Morgan fingerprint density at radius 2 is 1.71 bits per heavy atom. The van der Waals surface area contributed by atoms with Gasteiger partial charge in [0.05, 0.1) is 12.7 Å². The first-order valence-electron chi connectivity index (χ1n) is 6.71. The minimum absolute atomic E-state index is 0. The van der Waals surface area contributed by atoms with Crippen LogP contribution in [0.3, 0.4) is 0 Å². The van der Waals surface area contributed by atoms with Crippen LogP contribution in [-0.4, -0.2) is 37.0 Å². The van der Waals surface area contributed by atoms with Crippen molar-refractivity contribution in [1.29, 1.82) is 0 Å². The average Bonchev–Trinajstić information content (AvgIpc) is 2.78. The average molecular weight is 264 g/mol. The highest BCUT2D eigenvalue weighted by atomic mass is 35.5. The number of halogens is 1. The van der Waals surface area contributed by atoms with Crippen LogP contribution in [-0.2, 0) is 4.74 Å². The summed E-state index contributed by atoms with van der Waals surface area (Å²) in [6.07, 6.45) is 9.31. The summed E-state index contributed by atoms with van der Waals surface area (Å²) in [5, 5.41) is 12.6. The van der Waals surface area contributed by atoms with Crippen molar-refractivity contribution in [3.63, 3.8) is 0 Å². The van der Waals surface area contributed by atoms with E-state index in [1.54, 1.807) is 0 Å². The van der Waals surface area contributed by atoms with Crippen molar-refractivity contribution < 1.29 is 9.84 Å². The van der Waals surface area contributed by atoms with Gasteiger partial charge in [-0.3, -0.25) is 0 Å². The summed E-state index contributed by atoms with van der Waals surface area (Å²) < 4.78 is 5.40. The SMILES string of the molecule is COC1CCC(CC2CCC(CO)N2)CC1.Cl. The van der Waals surface area contributed by atoms with Crippen LogP contribution in [0.5, 0.6) is 0 Å². The first-order chi connectivity index (χ1) is 7.81. The van der Waals surface area contributed by atoms with Crippen molar-refractivity contribution in [2.45, 2.75) is 63.1 Å². The molecule has 0 amide bonds. The van der Waals surface area contributed by atoms with E-state index < -0.39 is 0 Å². The number of methoxy groups -OCH3 is 1. The van der Waals surface area contributed by atoms with Crippen LogP contribution in [0.4, 0.5) is 0 Å². The van der Waals surface area contributed by atoms with Crippen LogP contribution in [0.1, 0.15) is 44.9 Å². The highest BCUT2D eigenvalue weighted by molar-refractivity contribution is 5.85. The van der Waals surface area contributed by atoms with E-state index in [0.29, 0.717) is 24.8 Å². The minimum Gasteiger partial charge on any atom is -0.395 e. The van der Waals surface area contributed by atoms with Crippen LogP contribution in [0.15, 0.2) is 0 Å². The third-order valence-corrected chi connectivity index (χ3v) is 4.30. The quantitative estimate of drug-likeness (QED) is 0.816. The first kappa shape index (κ1) is 15.2. The molecule has 1 aliphatic carbocycles. The standard InChI is InChI=1S/C13H25NO2.ClH/c1-16-13-6-2-10(3-7-13)8-11-4-5-12(9-15)14-11;/h10-15H,2-9H2,1H3;1H. The number of rotatable bonds is 4. The number of aliphatic hydroxyl groups is 1. The largest absolute Gasteiger partial charge is 0.395 e. The molecule has 2 N–H and O–H groups in total. The molecular weight excluding hydrogens is 238 g/mol. The molecule has 1 saturated heterocycles. The molecule has 1 saturated carbocycles. The van der Waals surface area contributed by atoms with Crippen molar-refractivity contribution in [3.05, 3.63) is 0 Å². The van der Waals surface area contributed by atoms with Crippen LogP contribution in [0.2, 0.25) is 0 Å². The van der Waals surface area contributed by atoms with E-state index in [1.807, 2.05) is 7.11 Å². The fourth-order valence-corrected chi connectivity index (χ4v) is 3.24. The van der Waals surface area contributed by atoms with Gasteiger partial charge in [0.2, 0.25) is 0 Å². The molecule has 0 bridgehead atoms. The summed E-state index contributed by atoms with van der Waals surface area (Å²) in [5.74, 6) is 0.876. The molecule has 17 heavy (non-hydrogen) atoms. The minimum atomic E-state index is 0. The molecule has 0 aromatic rings. The highest BCUT2D eigenvalue weighted by Crippen LogP contribution is 2.31. The Bertz CT molecular complexity index is 208. The van der Waals surface area contributed by atoms with Crippen LogP contribution >= 0.6 is 12.4 Å². The monoisotopic (exact) mass is 263 g/mol. The second-order valence-electron chi connectivity index (χ2n) is 5.43. The van der Waals surface area contributed by atoms with Crippen LogP contribution < -0.4 is 5.32 Å². The molecule has 0 radical (unpaired) electrons. The zero-order valence-corrected chi connectivity index (χ0v) is 11.5. The van der Waals surface area contributed by atoms with Gasteiger partial charge in [-0.2, -0.15) is 0 Å². The van der Waals surface area contributed by atoms with Crippen molar-refractivity contribution >= 4 is 12.4 Å². The number of hydrogen-bond acceptors (Lipinski definition) is 3. The Morgan fingerprint density at radius 1 is 1.06 bits per heavy atom. The highest BCUT2D eigenvalue weighted by Gasteiger charge is 2.28. The Balaban J connectivity index is 0.00000144. The lowest BCUT2D eigenvalue weighted by Crippen LogP contribution is -2.34. The van der Waals surface area contributed by atoms with Crippen molar-refractivity contribution in [3.8, 4) is 0 Å². The molecule has 0 aromatic heterocycles. The predicted molar refractivity (Wildman–Crippen MR) is 71.7 cm³/mol. The van der Waals surface area contributed by atoms with E-state index in [0.717, 1.165) is 12.3 Å². The first-order valence-corrected chi connectivity index (χ1v) is 6.71. The molecule has 4 heteroatoms. The van der Waals surface area contributed by atoms with Crippen LogP contribution in [0, 0.1) is 5.92 Å². The number of hydrogen-bond donors (Lipinski definition) is 2. The maximum absolute atomic E-state index is 9.08. The van der Waals surface area contributed by atoms with E-state index in [9.17, 15) is 0 Å². The summed E-state index contributed by atoms with van der Waals surface area (Å²) >= 11 is 0. The van der Waals surface area contributed by atoms with E-state index in [4.69, 9.17) is 9.84 Å². The lowest BCUT2D eigenvalue weighted by Gasteiger charge is -2.29. The fraction of sp³-hybridized carbons (Fsp3) is 1.00. The van der Waals surface area contributed by atoms with E-state index in [1.165, 1.54) is 38.5 Å². The second-order valence-corrected chi connectivity index (χ2v) is 5.43. The summed E-state index contributed by atoms with van der Waals surface area (Å²) in [6, 6.07) is 1.02. The molecule has 2 atom stereocenters. The Morgan fingerprint density at radius 3 is 2.24 bits per heavy atom. The smallest absolute Gasteiger partial charge is 0.0584 e. The van der Waals surface area contributed by atoms with Gasteiger partial charge in [-0.15, -0.1) is 12.4 Å². The maximum Gasteiger partial charge on any atom is 0.0584 e. The van der Waals surface area contributed by atoms with Gasteiger partial charge in [0.1, 0.15) is 0 Å². The lowest BCUT2D eigenvalue weighted by atomic mass is 9.83. The summed E-state index contributed by atoms with van der Waals surface area (Å²) in [4.78, 5) is 0. The molecule has 2 rings (SSSR count). The van der Waals surface area contributed by atoms with Gasteiger partial charge in [0.25, 0.3) is 0 Å². The molecular formula is C13H26ClNO2. The van der Waals surface area contributed by atoms with Gasteiger partial charge in [0, 0.05) is 19.2 Å². The topological polar surface area (TPSA) is 41.5 Å². The number of nitrogens with one attached hydrogen (secondary N) is 1. The molecule has 102 valence electrons. The van der Waals surface area contributed by atoms with Gasteiger partial charge in [-0.05, 0) is 50.9 Å². The summed E-state index contributed by atoms with van der Waals surface area (Å²) in [5.41, 5.74) is 0. The van der Waals surface area contributed by atoms with E-state index in [-0.39, 0.29) is 12.4 Å². The molecule has 2 aliphatic rings. The molecule has 1 heterocycles. The summed E-state index contributed by atoms with van der Waals surface area (Å²) in [6.45, 7) is 0.299. The third kappa shape index (κ3) is 4.40. The molecule has 2 unspecified atom stereocenters. The van der Waals surface area contributed by atoms with E-state index >= 15 is 0 Å². The van der Waals surface area contributed by atoms with Crippen molar-refractivity contribution in [2.24, 2.45) is 5.92 Å². The van der Waals surface area contributed by atoms with Crippen LogP contribution in [0.25, 0.3) is 0 Å². The van der Waals surface area contributed by atoms with Gasteiger partial charge < -0.3 is 15.2 Å². The molecule has 3 nitrogen and oxygen atoms in total. The second kappa shape index (κ2) is 7.57. The molecule has 1 aliphatic heterocycles. The Kier molecular flexibility index (Phi) is 6.78. The van der Waals surface area contributed by atoms with Gasteiger partial charge in [-0.25, -0.2) is 0 Å². The molecule has 0 aromatic carbocycles. The Hall–Kier alpha value is 0.170. The normalized spacial score (nSPS) is 37.8. The van der Waals surface area contributed by atoms with Crippen molar-refractivity contribution in [2.75, 3.05) is 13.7 Å². The van der Waals surface area contributed by atoms with Gasteiger partial charge in [0.15, 0.2) is 0 Å². The third-order valence-electron chi connectivity index (χ3n) is 4.30. The predicted octanol–water partition coefficient (Wildman–Crippen LogP) is 2.12. The number of ether oxygens (including phenoxy) is 1. The van der Waals surface area contributed by atoms with Gasteiger partial charge >= 0.3 is 0 Å². The zero-order valence-electron chi connectivity index (χ0n) is 10.7. The van der Waals surface area contributed by atoms with Gasteiger partial charge in [-0.1, -0.05) is 0 Å². The molecule has 0 spiro atoms.